The molecule has 1 amide bonds. The molecule has 0 radical (unpaired) electrons. The van der Waals surface area contributed by atoms with Gasteiger partial charge in [-0.3, -0.25) is 9.69 Å². The summed E-state index contributed by atoms with van der Waals surface area (Å²) < 4.78 is 18.2. The lowest BCUT2D eigenvalue weighted by atomic mass is 10.2. The number of nitrogens with zero attached hydrogens (tertiary/aromatic N) is 2. The molecule has 1 saturated heterocycles. The fourth-order valence-electron chi connectivity index (χ4n) is 2.70. The number of nitrogens with one attached hydrogen (secondary N) is 1. The Balaban J connectivity index is 1.50. The van der Waals surface area contributed by atoms with Gasteiger partial charge in [0.05, 0.1) is 18.9 Å². The second-order valence-corrected chi connectivity index (χ2v) is 6.11. The Morgan fingerprint density at radius 2 is 1.96 bits per heavy atom. The van der Waals surface area contributed by atoms with Gasteiger partial charge in [-0.2, -0.15) is 0 Å². The summed E-state index contributed by atoms with van der Waals surface area (Å²) in [5.41, 5.74) is 1.77. The maximum Gasteiger partial charge on any atom is 0.229 e. The lowest BCUT2D eigenvalue weighted by Crippen LogP contribution is -2.35. The van der Waals surface area contributed by atoms with E-state index in [1.807, 2.05) is 12.1 Å². The number of ether oxygens (including phenoxy) is 1. The fourth-order valence-corrected chi connectivity index (χ4v) is 2.70. The van der Waals surface area contributed by atoms with Gasteiger partial charge in [0.1, 0.15) is 11.6 Å². The second kappa shape index (κ2) is 9.22. The molecule has 5 nitrogen and oxygen atoms in total. The molecule has 1 N–H and O–H groups in total. The molecule has 1 aromatic carbocycles. The molecule has 0 spiro atoms. The monoisotopic (exact) mass is 355 g/mol. The molecular weight excluding hydrogens is 333 g/mol. The largest absolute Gasteiger partial charge is 0.379 e. The van der Waals surface area contributed by atoms with Crippen LogP contribution >= 0.6 is 0 Å². The fraction of sp³-hybridized carbons (Fsp3) is 0.300. The number of halogens is 1. The quantitative estimate of drug-likeness (QED) is 0.865. The summed E-state index contributed by atoms with van der Waals surface area (Å²) >= 11 is 0. The molecular formula is C20H22FN3O2. The van der Waals surface area contributed by atoms with E-state index in [9.17, 15) is 9.18 Å². The predicted octanol–water partition coefficient (Wildman–Crippen LogP) is 3.09. The van der Waals surface area contributed by atoms with Crippen LogP contribution < -0.4 is 5.32 Å². The summed E-state index contributed by atoms with van der Waals surface area (Å²) in [4.78, 5) is 18.9. The summed E-state index contributed by atoms with van der Waals surface area (Å²) in [7, 11) is 0. The first-order valence-electron chi connectivity index (χ1n) is 8.67. The van der Waals surface area contributed by atoms with E-state index in [-0.39, 0.29) is 18.1 Å². The van der Waals surface area contributed by atoms with Gasteiger partial charge in [0.25, 0.3) is 0 Å². The number of amides is 1. The highest BCUT2D eigenvalue weighted by molar-refractivity contribution is 5.91. The molecule has 136 valence electrons. The number of rotatable bonds is 6. The van der Waals surface area contributed by atoms with Gasteiger partial charge in [-0.15, -0.1) is 0 Å². The minimum atomic E-state index is -0.275. The third-order valence-corrected chi connectivity index (χ3v) is 4.05. The van der Waals surface area contributed by atoms with E-state index in [2.05, 4.69) is 15.2 Å². The Morgan fingerprint density at radius 1 is 1.19 bits per heavy atom. The third kappa shape index (κ3) is 5.75. The number of aromatic nitrogens is 1. The van der Waals surface area contributed by atoms with E-state index in [0.29, 0.717) is 5.82 Å². The first-order chi connectivity index (χ1) is 12.7. The zero-order valence-corrected chi connectivity index (χ0v) is 14.5. The van der Waals surface area contributed by atoms with Gasteiger partial charge in [0.2, 0.25) is 5.91 Å². The van der Waals surface area contributed by atoms with Crippen molar-refractivity contribution in [3.05, 3.63) is 65.6 Å². The summed E-state index contributed by atoms with van der Waals surface area (Å²) in [5.74, 6) is 0.137. The van der Waals surface area contributed by atoms with Gasteiger partial charge >= 0.3 is 0 Å². The van der Waals surface area contributed by atoms with Crippen molar-refractivity contribution in [1.29, 1.82) is 0 Å². The molecule has 1 aromatic heterocycles. The molecule has 0 bridgehead atoms. The van der Waals surface area contributed by atoms with Crippen LogP contribution in [-0.2, 0) is 16.1 Å². The number of benzene rings is 1. The number of hydrogen-bond acceptors (Lipinski definition) is 4. The van der Waals surface area contributed by atoms with Crippen LogP contribution in [-0.4, -0.2) is 42.1 Å². The first kappa shape index (κ1) is 18.2. The lowest BCUT2D eigenvalue weighted by molar-refractivity contribution is -0.115. The van der Waals surface area contributed by atoms with Gasteiger partial charge in [0, 0.05) is 26.1 Å². The Kier molecular flexibility index (Phi) is 6.46. The summed E-state index contributed by atoms with van der Waals surface area (Å²) in [6, 6.07) is 11.8. The molecule has 0 saturated carbocycles. The molecule has 2 heterocycles. The summed E-state index contributed by atoms with van der Waals surface area (Å²) in [6.45, 7) is 4.03. The number of anilines is 1. The van der Waals surface area contributed by atoms with Crippen LogP contribution in [0.3, 0.4) is 0 Å². The molecule has 0 unspecified atom stereocenters. The average Bonchev–Trinajstić information content (AvgIpc) is 2.64. The Labute approximate surface area is 152 Å². The van der Waals surface area contributed by atoms with Crippen molar-refractivity contribution in [2.75, 3.05) is 31.6 Å². The van der Waals surface area contributed by atoms with Crippen molar-refractivity contribution in [3.8, 4) is 0 Å². The highest BCUT2D eigenvalue weighted by Crippen LogP contribution is 2.10. The van der Waals surface area contributed by atoms with E-state index in [1.54, 1.807) is 30.4 Å². The molecule has 26 heavy (non-hydrogen) atoms. The van der Waals surface area contributed by atoms with Gasteiger partial charge in [-0.1, -0.05) is 30.4 Å². The molecule has 1 fully saturated rings. The highest BCUT2D eigenvalue weighted by atomic mass is 19.1. The van der Waals surface area contributed by atoms with Crippen molar-refractivity contribution in [3.63, 3.8) is 0 Å². The molecule has 2 aromatic rings. The summed E-state index contributed by atoms with van der Waals surface area (Å²) in [6.07, 6.45) is 3.77. The van der Waals surface area contributed by atoms with Crippen LogP contribution in [0.2, 0.25) is 0 Å². The maximum atomic E-state index is 12.9. The maximum absolute atomic E-state index is 12.9. The Bertz CT molecular complexity index is 756. The normalized spacial score (nSPS) is 15.3. The predicted molar refractivity (Wildman–Crippen MR) is 99.0 cm³/mol. The molecule has 1 aliphatic rings. The molecule has 1 aliphatic heterocycles. The van der Waals surface area contributed by atoms with Gasteiger partial charge < -0.3 is 10.1 Å². The van der Waals surface area contributed by atoms with Gasteiger partial charge in [-0.05, 0) is 29.8 Å². The van der Waals surface area contributed by atoms with E-state index in [0.717, 1.165) is 44.1 Å². The third-order valence-electron chi connectivity index (χ3n) is 4.05. The second-order valence-electron chi connectivity index (χ2n) is 6.11. The van der Waals surface area contributed by atoms with Crippen LogP contribution in [0.15, 0.2) is 48.5 Å². The van der Waals surface area contributed by atoms with Crippen molar-refractivity contribution < 1.29 is 13.9 Å². The Morgan fingerprint density at radius 3 is 2.73 bits per heavy atom. The number of hydrogen-bond donors (Lipinski definition) is 1. The van der Waals surface area contributed by atoms with Crippen LogP contribution in [0.4, 0.5) is 10.2 Å². The van der Waals surface area contributed by atoms with Crippen LogP contribution in [0.1, 0.15) is 17.7 Å². The van der Waals surface area contributed by atoms with Gasteiger partial charge in [0.15, 0.2) is 0 Å². The van der Waals surface area contributed by atoms with Gasteiger partial charge in [-0.25, -0.2) is 9.37 Å². The van der Waals surface area contributed by atoms with Crippen molar-refractivity contribution >= 4 is 17.8 Å². The number of pyridine rings is 1. The van der Waals surface area contributed by atoms with Crippen LogP contribution in [0.25, 0.3) is 6.08 Å². The molecule has 3 rings (SSSR count). The zero-order chi connectivity index (χ0) is 18.2. The van der Waals surface area contributed by atoms with Crippen molar-refractivity contribution in [2.24, 2.45) is 0 Å². The Hall–Kier alpha value is -2.57. The van der Waals surface area contributed by atoms with E-state index in [4.69, 9.17) is 4.74 Å². The first-order valence-corrected chi connectivity index (χ1v) is 8.67. The number of carbonyl (C=O) groups excluding carboxylic acids is 1. The van der Waals surface area contributed by atoms with E-state index < -0.39 is 0 Å². The molecule has 6 heteroatoms. The average molecular weight is 355 g/mol. The number of carbonyl (C=O) groups is 1. The van der Waals surface area contributed by atoms with E-state index in [1.165, 1.54) is 12.1 Å². The number of morpholine rings is 1. The van der Waals surface area contributed by atoms with E-state index >= 15 is 0 Å². The topological polar surface area (TPSA) is 54.5 Å². The highest BCUT2D eigenvalue weighted by Gasteiger charge is 2.11. The minimum Gasteiger partial charge on any atom is -0.379 e. The lowest BCUT2D eigenvalue weighted by Gasteiger charge is -2.26. The van der Waals surface area contributed by atoms with Crippen molar-refractivity contribution in [1.82, 2.24) is 9.88 Å². The molecule has 0 aliphatic carbocycles. The minimum absolute atomic E-state index is 0.139. The van der Waals surface area contributed by atoms with Crippen molar-refractivity contribution in [2.45, 2.75) is 13.0 Å². The SMILES string of the molecule is O=C(CC=Cc1ccc(F)cc1)Nc1cccc(CN2CCOCC2)n1. The summed E-state index contributed by atoms with van der Waals surface area (Å²) in [5, 5.41) is 2.81. The zero-order valence-electron chi connectivity index (χ0n) is 14.5. The smallest absolute Gasteiger partial charge is 0.229 e. The standard InChI is InChI=1S/C20H22FN3O2/c21-17-9-7-16(8-10-17)3-1-6-20(25)23-19-5-2-4-18(22-19)15-24-11-13-26-14-12-24/h1-5,7-10H,6,11-15H2,(H,22,23,25). The van der Waals surface area contributed by atoms with Crippen LogP contribution in [0, 0.1) is 5.82 Å². The van der Waals surface area contributed by atoms with Crippen LogP contribution in [0.5, 0.6) is 0 Å². The molecule has 0 atom stereocenters.